The molecule has 0 aliphatic carbocycles. The Balaban J connectivity index is 2.01. The van der Waals surface area contributed by atoms with Gasteiger partial charge in [0.15, 0.2) is 5.82 Å². The number of hydrogen-bond donors (Lipinski definition) is 1. The minimum absolute atomic E-state index is 0.0973. The molecule has 1 aliphatic rings. The normalized spacial score (nSPS) is 23.4. The molecule has 1 saturated heterocycles. The molecule has 0 bridgehead atoms. The number of fused-ring (bicyclic) bond motifs is 1. The molecule has 1 aliphatic heterocycles. The van der Waals surface area contributed by atoms with Gasteiger partial charge < -0.3 is 19.8 Å². The number of anilines is 1. The van der Waals surface area contributed by atoms with E-state index in [0.29, 0.717) is 6.54 Å². The van der Waals surface area contributed by atoms with Gasteiger partial charge in [-0.3, -0.25) is 0 Å². The number of piperidine rings is 1. The second-order valence-electron chi connectivity index (χ2n) is 5.69. The number of hydrogen-bond acceptors (Lipinski definition) is 4. The molecule has 1 fully saturated rings. The fourth-order valence-electron chi connectivity index (χ4n) is 3.03. The van der Waals surface area contributed by atoms with Gasteiger partial charge in [0.1, 0.15) is 5.65 Å². The van der Waals surface area contributed by atoms with E-state index in [1.807, 2.05) is 24.4 Å². The van der Waals surface area contributed by atoms with E-state index in [4.69, 9.17) is 15.5 Å². The predicted octanol–water partition coefficient (Wildman–Crippen LogP) is 1.80. The highest BCUT2D eigenvalue weighted by atomic mass is 16.5. The van der Waals surface area contributed by atoms with E-state index >= 15 is 0 Å². The summed E-state index contributed by atoms with van der Waals surface area (Å²) in [6.07, 6.45) is 4.22. The van der Waals surface area contributed by atoms with Crippen LogP contribution >= 0.6 is 0 Å². The van der Waals surface area contributed by atoms with Crippen LogP contribution in [-0.2, 0) is 11.3 Å². The van der Waals surface area contributed by atoms with E-state index in [0.717, 1.165) is 43.1 Å². The largest absolute Gasteiger partial charge is 0.377 e. The van der Waals surface area contributed by atoms with E-state index in [1.54, 1.807) is 7.11 Å². The number of pyridine rings is 1. The molecule has 1 atom stereocenters. The van der Waals surface area contributed by atoms with E-state index in [-0.39, 0.29) is 5.60 Å². The molecule has 0 radical (unpaired) electrons. The van der Waals surface area contributed by atoms with Crippen LogP contribution in [0, 0.1) is 0 Å². The Morgan fingerprint density at radius 2 is 2.30 bits per heavy atom. The summed E-state index contributed by atoms with van der Waals surface area (Å²) in [5.74, 6) is 1.00. The molecule has 3 heterocycles. The number of nitrogens with two attached hydrogens (primary N) is 1. The summed E-state index contributed by atoms with van der Waals surface area (Å²) in [5, 5.41) is 0. The first-order valence-corrected chi connectivity index (χ1v) is 7.13. The van der Waals surface area contributed by atoms with Crippen molar-refractivity contribution in [3.05, 3.63) is 30.1 Å². The van der Waals surface area contributed by atoms with Crippen LogP contribution < -0.4 is 10.6 Å². The maximum absolute atomic E-state index is 5.95. The number of aromatic nitrogens is 2. The lowest BCUT2D eigenvalue weighted by Crippen LogP contribution is -2.48. The van der Waals surface area contributed by atoms with Gasteiger partial charge in [-0.25, -0.2) is 4.98 Å². The zero-order valence-corrected chi connectivity index (χ0v) is 12.2. The van der Waals surface area contributed by atoms with E-state index in [9.17, 15) is 0 Å². The maximum atomic E-state index is 5.95. The lowest BCUT2D eigenvalue weighted by Gasteiger charge is -2.40. The Morgan fingerprint density at radius 3 is 3.05 bits per heavy atom. The third kappa shape index (κ3) is 2.17. The number of rotatable bonds is 3. The lowest BCUT2D eigenvalue weighted by atomic mass is 9.95. The van der Waals surface area contributed by atoms with Crippen molar-refractivity contribution in [1.82, 2.24) is 9.38 Å². The van der Waals surface area contributed by atoms with Crippen molar-refractivity contribution in [3.63, 3.8) is 0 Å². The van der Waals surface area contributed by atoms with Crippen molar-refractivity contribution in [2.75, 3.05) is 25.1 Å². The molecule has 1 unspecified atom stereocenters. The van der Waals surface area contributed by atoms with Crippen molar-refractivity contribution in [1.29, 1.82) is 0 Å². The number of nitrogens with zero attached hydrogens (tertiary/aromatic N) is 3. The van der Waals surface area contributed by atoms with Crippen LogP contribution in [0.15, 0.2) is 24.4 Å². The molecule has 3 rings (SSSR count). The first-order valence-electron chi connectivity index (χ1n) is 7.13. The van der Waals surface area contributed by atoms with Crippen LogP contribution in [0.5, 0.6) is 0 Å². The van der Waals surface area contributed by atoms with Crippen LogP contribution in [0.4, 0.5) is 5.82 Å². The van der Waals surface area contributed by atoms with Crippen molar-refractivity contribution in [2.24, 2.45) is 5.73 Å². The van der Waals surface area contributed by atoms with Crippen LogP contribution in [0.1, 0.15) is 25.5 Å². The van der Waals surface area contributed by atoms with Gasteiger partial charge in [-0.05, 0) is 31.9 Å². The third-order valence-electron chi connectivity index (χ3n) is 4.25. The summed E-state index contributed by atoms with van der Waals surface area (Å²) in [4.78, 5) is 7.07. The Hall–Kier alpha value is -1.59. The molecular weight excluding hydrogens is 252 g/mol. The summed E-state index contributed by atoms with van der Waals surface area (Å²) >= 11 is 0. The van der Waals surface area contributed by atoms with Gasteiger partial charge in [-0.1, -0.05) is 6.07 Å². The highest BCUT2D eigenvalue weighted by Crippen LogP contribution is 2.30. The molecule has 108 valence electrons. The second kappa shape index (κ2) is 5.07. The fraction of sp³-hybridized carbons (Fsp3) is 0.533. The Bertz CT molecular complexity index is 609. The van der Waals surface area contributed by atoms with Crippen LogP contribution in [0.25, 0.3) is 5.65 Å². The standard InChI is InChI=1S/C15H22N4O/c1-15(20-2)7-5-8-18(11-15)14-12(10-16)19-9-4-3-6-13(19)17-14/h3-4,6,9H,5,7-8,10-11,16H2,1-2H3. The maximum Gasteiger partial charge on any atom is 0.152 e. The van der Waals surface area contributed by atoms with Crippen LogP contribution in [-0.4, -0.2) is 35.2 Å². The molecule has 5 heteroatoms. The van der Waals surface area contributed by atoms with Crippen molar-refractivity contribution < 1.29 is 4.74 Å². The Morgan fingerprint density at radius 1 is 1.45 bits per heavy atom. The summed E-state index contributed by atoms with van der Waals surface area (Å²) in [6.45, 7) is 4.52. The first kappa shape index (κ1) is 13.4. The van der Waals surface area contributed by atoms with Gasteiger partial charge in [0.05, 0.1) is 11.3 Å². The summed E-state index contributed by atoms with van der Waals surface area (Å²) in [5.41, 5.74) is 7.87. The van der Waals surface area contributed by atoms with E-state index < -0.39 is 0 Å². The second-order valence-corrected chi connectivity index (χ2v) is 5.69. The van der Waals surface area contributed by atoms with Gasteiger partial charge in [0, 0.05) is 32.9 Å². The van der Waals surface area contributed by atoms with Gasteiger partial charge in [0.25, 0.3) is 0 Å². The molecule has 2 N–H and O–H groups in total. The van der Waals surface area contributed by atoms with Gasteiger partial charge in [-0.2, -0.15) is 0 Å². The van der Waals surface area contributed by atoms with Crippen molar-refractivity contribution >= 4 is 11.5 Å². The lowest BCUT2D eigenvalue weighted by molar-refractivity contribution is -0.00482. The van der Waals surface area contributed by atoms with Crippen LogP contribution in [0.3, 0.4) is 0 Å². The zero-order chi connectivity index (χ0) is 14.2. The topological polar surface area (TPSA) is 55.8 Å². The summed E-state index contributed by atoms with van der Waals surface area (Å²) in [7, 11) is 1.79. The average molecular weight is 274 g/mol. The molecule has 2 aromatic heterocycles. The number of ether oxygens (including phenoxy) is 1. The number of imidazole rings is 1. The molecule has 0 saturated carbocycles. The van der Waals surface area contributed by atoms with Crippen molar-refractivity contribution in [2.45, 2.75) is 31.9 Å². The highest BCUT2D eigenvalue weighted by molar-refractivity contribution is 5.56. The molecular formula is C15H22N4O. The monoisotopic (exact) mass is 274 g/mol. The molecule has 20 heavy (non-hydrogen) atoms. The summed E-state index contributed by atoms with van der Waals surface area (Å²) < 4.78 is 7.75. The molecule has 2 aromatic rings. The minimum atomic E-state index is -0.0973. The average Bonchev–Trinajstić information content (AvgIpc) is 2.86. The van der Waals surface area contributed by atoms with Gasteiger partial charge in [0.2, 0.25) is 0 Å². The van der Waals surface area contributed by atoms with Gasteiger partial charge >= 0.3 is 0 Å². The Kier molecular flexibility index (Phi) is 3.40. The summed E-state index contributed by atoms with van der Waals surface area (Å²) in [6, 6.07) is 6.02. The third-order valence-corrected chi connectivity index (χ3v) is 4.25. The SMILES string of the molecule is COC1(C)CCCN(c2nc3ccccn3c2CN)C1. The first-order chi connectivity index (χ1) is 9.67. The molecule has 0 amide bonds. The fourth-order valence-corrected chi connectivity index (χ4v) is 3.03. The zero-order valence-electron chi connectivity index (χ0n) is 12.2. The van der Waals surface area contributed by atoms with Crippen molar-refractivity contribution in [3.8, 4) is 0 Å². The van der Waals surface area contributed by atoms with Gasteiger partial charge in [-0.15, -0.1) is 0 Å². The molecule has 5 nitrogen and oxygen atoms in total. The molecule has 0 aromatic carbocycles. The Labute approximate surface area is 119 Å². The predicted molar refractivity (Wildman–Crippen MR) is 79.9 cm³/mol. The highest BCUT2D eigenvalue weighted by Gasteiger charge is 2.32. The minimum Gasteiger partial charge on any atom is -0.377 e. The number of methoxy groups -OCH3 is 1. The molecule has 0 spiro atoms. The van der Waals surface area contributed by atoms with E-state index in [1.165, 1.54) is 0 Å². The quantitative estimate of drug-likeness (QED) is 0.927. The van der Waals surface area contributed by atoms with E-state index in [2.05, 4.69) is 16.2 Å². The van der Waals surface area contributed by atoms with Crippen LogP contribution in [0.2, 0.25) is 0 Å². The smallest absolute Gasteiger partial charge is 0.152 e.